The molecule has 88 valence electrons. The second-order valence-electron chi connectivity index (χ2n) is 3.98. The Morgan fingerprint density at radius 3 is 3.29 bits per heavy atom. The zero-order chi connectivity index (χ0) is 11.7. The van der Waals surface area contributed by atoms with Gasteiger partial charge in [0.05, 0.1) is 11.5 Å². The van der Waals surface area contributed by atoms with E-state index >= 15 is 0 Å². The lowest BCUT2D eigenvalue weighted by Gasteiger charge is -2.01. The van der Waals surface area contributed by atoms with Crippen LogP contribution in [0.5, 0.6) is 5.75 Å². The van der Waals surface area contributed by atoms with E-state index in [-0.39, 0.29) is 0 Å². The molecule has 4 heteroatoms. The molecular weight excluding hydrogens is 232 g/mol. The van der Waals surface area contributed by atoms with E-state index < -0.39 is 0 Å². The highest BCUT2D eigenvalue weighted by Gasteiger charge is 2.13. The van der Waals surface area contributed by atoms with Gasteiger partial charge in [0.25, 0.3) is 0 Å². The molecule has 0 fully saturated rings. The van der Waals surface area contributed by atoms with Crippen molar-refractivity contribution in [1.82, 2.24) is 4.98 Å². The van der Waals surface area contributed by atoms with Crippen molar-refractivity contribution in [1.29, 1.82) is 0 Å². The van der Waals surface area contributed by atoms with E-state index in [1.165, 1.54) is 16.0 Å². The normalized spacial score (nSPS) is 13.2. The molecular formula is C13H14N2OS. The molecule has 0 spiro atoms. The quantitative estimate of drug-likeness (QED) is 0.903. The maximum absolute atomic E-state index is 5.51. The van der Waals surface area contributed by atoms with Crippen LogP contribution >= 0.6 is 11.3 Å². The smallest absolute Gasteiger partial charge is 0.183 e. The first-order chi connectivity index (χ1) is 8.36. The Morgan fingerprint density at radius 2 is 2.41 bits per heavy atom. The van der Waals surface area contributed by atoms with E-state index in [4.69, 9.17) is 4.74 Å². The first-order valence-electron chi connectivity index (χ1n) is 5.82. The number of nitrogens with zero attached hydrogens (tertiary/aromatic N) is 1. The lowest BCUT2D eigenvalue weighted by molar-refractivity contribution is 0.357. The van der Waals surface area contributed by atoms with Crippen molar-refractivity contribution in [3.63, 3.8) is 0 Å². The third-order valence-electron chi connectivity index (χ3n) is 2.81. The first-order valence-corrected chi connectivity index (χ1v) is 6.64. The molecule has 1 aromatic heterocycles. The van der Waals surface area contributed by atoms with Gasteiger partial charge in [0, 0.05) is 19.2 Å². The molecule has 0 saturated heterocycles. The van der Waals surface area contributed by atoms with Crippen molar-refractivity contribution in [2.24, 2.45) is 0 Å². The van der Waals surface area contributed by atoms with E-state index in [0.717, 1.165) is 30.5 Å². The minimum Gasteiger partial charge on any atom is -0.493 e. The van der Waals surface area contributed by atoms with Crippen LogP contribution in [-0.2, 0) is 6.42 Å². The summed E-state index contributed by atoms with van der Waals surface area (Å²) in [6, 6.07) is 6.38. The van der Waals surface area contributed by atoms with Crippen molar-refractivity contribution >= 4 is 16.5 Å². The van der Waals surface area contributed by atoms with Gasteiger partial charge < -0.3 is 10.1 Å². The van der Waals surface area contributed by atoms with Gasteiger partial charge in [-0.15, -0.1) is 0 Å². The Balaban J connectivity index is 1.92. The lowest BCUT2D eigenvalue weighted by Crippen LogP contribution is -1.94. The van der Waals surface area contributed by atoms with Crippen molar-refractivity contribution < 1.29 is 4.74 Å². The minimum absolute atomic E-state index is 0.810. The molecule has 0 bridgehead atoms. The second kappa shape index (κ2) is 4.37. The molecule has 0 radical (unpaired) electrons. The van der Waals surface area contributed by atoms with Gasteiger partial charge in [-0.2, -0.15) is 0 Å². The predicted molar refractivity (Wildman–Crippen MR) is 70.9 cm³/mol. The highest BCUT2D eigenvalue weighted by molar-refractivity contribution is 7.18. The number of ether oxygens (including phenoxy) is 1. The van der Waals surface area contributed by atoms with Crippen LogP contribution in [0.1, 0.15) is 12.5 Å². The van der Waals surface area contributed by atoms with Gasteiger partial charge in [-0.05, 0) is 36.2 Å². The summed E-state index contributed by atoms with van der Waals surface area (Å²) in [6.07, 6.45) is 2.95. The largest absolute Gasteiger partial charge is 0.493 e. The van der Waals surface area contributed by atoms with Gasteiger partial charge in [-0.3, -0.25) is 0 Å². The topological polar surface area (TPSA) is 34.2 Å². The molecule has 1 aliphatic rings. The number of aromatic nitrogens is 1. The minimum atomic E-state index is 0.810. The molecule has 0 aliphatic carbocycles. The fraction of sp³-hybridized carbons (Fsp3) is 0.308. The lowest BCUT2D eigenvalue weighted by atomic mass is 10.1. The van der Waals surface area contributed by atoms with Crippen LogP contribution in [-0.4, -0.2) is 18.1 Å². The number of thiazole rings is 1. The molecule has 1 aliphatic heterocycles. The molecule has 2 aromatic rings. The van der Waals surface area contributed by atoms with E-state index in [2.05, 4.69) is 35.4 Å². The Morgan fingerprint density at radius 1 is 1.47 bits per heavy atom. The molecule has 0 amide bonds. The van der Waals surface area contributed by atoms with Gasteiger partial charge in [0.1, 0.15) is 5.75 Å². The van der Waals surface area contributed by atoms with E-state index in [1.807, 2.05) is 6.20 Å². The molecule has 0 saturated carbocycles. The number of fused-ring (bicyclic) bond motifs is 1. The van der Waals surface area contributed by atoms with Gasteiger partial charge in [-0.1, -0.05) is 11.3 Å². The molecule has 0 unspecified atom stereocenters. The Hall–Kier alpha value is -1.55. The van der Waals surface area contributed by atoms with Gasteiger partial charge in [0.2, 0.25) is 0 Å². The summed E-state index contributed by atoms with van der Waals surface area (Å²) < 4.78 is 5.51. The number of rotatable bonds is 3. The summed E-state index contributed by atoms with van der Waals surface area (Å²) in [6.45, 7) is 3.79. The SMILES string of the molecule is CCNc1ncc(-c2ccc3c(c2)CCO3)s1. The molecule has 3 nitrogen and oxygen atoms in total. The van der Waals surface area contributed by atoms with Crippen molar-refractivity contribution in [3.8, 4) is 16.2 Å². The highest BCUT2D eigenvalue weighted by atomic mass is 32.1. The summed E-state index contributed by atoms with van der Waals surface area (Å²) in [7, 11) is 0. The van der Waals surface area contributed by atoms with E-state index in [0.29, 0.717) is 0 Å². The van der Waals surface area contributed by atoms with E-state index in [9.17, 15) is 0 Å². The van der Waals surface area contributed by atoms with Gasteiger partial charge >= 0.3 is 0 Å². The third kappa shape index (κ3) is 2.00. The van der Waals surface area contributed by atoms with Crippen LogP contribution in [0.3, 0.4) is 0 Å². The zero-order valence-corrected chi connectivity index (χ0v) is 10.5. The van der Waals surface area contributed by atoms with Crippen LogP contribution in [0.25, 0.3) is 10.4 Å². The van der Waals surface area contributed by atoms with Crippen molar-refractivity contribution in [2.75, 3.05) is 18.5 Å². The van der Waals surface area contributed by atoms with Gasteiger partial charge in [0.15, 0.2) is 5.13 Å². The molecule has 1 aromatic carbocycles. The third-order valence-corrected chi connectivity index (χ3v) is 3.81. The Labute approximate surface area is 104 Å². The summed E-state index contributed by atoms with van der Waals surface area (Å²) in [5, 5.41) is 4.22. The number of benzene rings is 1. The van der Waals surface area contributed by atoms with Crippen LogP contribution in [0.2, 0.25) is 0 Å². The van der Waals surface area contributed by atoms with Crippen LogP contribution in [0.15, 0.2) is 24.4 Å². The fourth-order valence-corrected chi connectivity index (χ4v) is 2.86. The van der Waals surface area contributed by atoms with Crippen molar-refractivity contribution in [3.05, 3.63) is 30.0 Å². The first kappa shape index (κ1) is 10.6. The molecule has 3 rings (SSSR count). The summed E-state index contributed by atoms with van der Waals surface area (Å²) in [5.74, 6) is 1.03. The molecule has 0 atom stereocenters. The Kier molecular flexibility index (Phi) is 2.73. The number of anilines is 1. The number of hydrogen-bond donors (Lipinski definition) is 1. The molecule has 2 heterocycles. The average Bonchev–Trinajstić information content (AvgIpc) is 2.96. The Bertz CT molecular complexity index is 536. The second-order valence-corrected chi connectivity index (χ2v) is 5.01. The fourth-order valence-electron chi connectivity index (χ4n) is 1.98. The highest BCUT2D eigenvalue weighted by Crippen LogP contribution is 2.34. The van der Waals surface area contributed by atoms with Crippen LogP contribution in [0, 0.1) is 0 Å². The number of nitrogens with one attached hydrogen (secondary N) is 1. The van der Waals surface area contributed by atoms with Crippen LogP contribution in [0.4, 0.5) is 5.13 Å². The summed E-state index contributed by atoms with van der Waals surface area (Å²) in [5.41, 5.74) is 2.54. The predicted octanol–water partition coefficient (Wildman–Crippen LogP) is 3.18. The van der Waals surface area contributed by atoms with E-state index in [1.54, 1.807) is 11.3 Å². The molecule has 1 N–H and O–H groups in total. The van der Waals surface area contributed by atoms with Crippen molar-refractivity contribution in [2.45, 2.75) is 13.3 Å². The summed E-state index contributed by atoms with van der Waals surface area (Å²) >= 11 is 1.69. The zero-order valence-electron chi connectivity index (χ0n) is 9.69. The standard InChI is InChI=1S/C13H14N2OS/c1-2-14-13-15-8-12(17-13)10-3-4-11-9(7-10)5-6-16-11/h3-4,7-8H,2,5-6H2,1H3,(H,14,15). The van der Waals surface area contributed by atoms with Gasteiger partial charge in [-0.25, -0.2) is 4.98 Å². The monoisotopic (exact) mass is 246 g/mol. The maximum Gasteiger partial charge on any atom is 0.183 e. The average molecular weight is 246 g/mol. The maximum atomic E-state index is 5.51. The summed E-state index contributed by atoms with van der Waals surface area (Å²) in [4.78, 5) is 5.56. The van der Waals surface area contributed by atoms with Crippen LogP contribution < -0.4 is 10.1 Å². The molecule has 17 heavy (non-hydrogen) atoms. The number of hydrogen-bond acceptors (Lipinski definition) is 4.